The van der Waals surface area contributed by atoms with Crippen LogP contribution in [0.25, 0.3) is 0 Å². The van der Waals surface area contributed by atoms with E-state index in [9.17, 15) is 9.59 Å². The van der Waals surface area contributed by atoms with Crippen LogP contribution in [0.5, 0.6) is 0 Å². The molecule has 0 aliphatic carbocycles. The number of hydrazine groups is 1. The molecule has 1 saturated heterocycles. The largest absolute Gasteiger partial charge is 0.312 e. The molecule has 0 saturated carbocycles. The number of nitrogens with one attached hydrogen (secondary N) is 1. The number of nitrogens with two attached hydrogens (primary N) is 1. The van der Waals surface area contributed by atoms with Crippen molar-refractivity contribution >= 4 is 40.7 Å². The lowest BCUT2D eigenvalue weighted by Gasteiger charge is -2.16. The van der Waals surface area contributed by atoms with E-state index in [1.807, 2.05) is 0 Å². The van der Waals surface area contributed by atoms with Gasteiger partial charge >= 0.3 is 0 Å². The molecule has 1 aliphatic rings. The molecule has 0 radical (unpaired) electrons. The SMILES string of the molecule is N[C@@H]1C(=O)NN(c2ccc(Cl)cc2Cl)C1=O. The quantitative estimate of drug-likeness (QED) is 0.730. The second-order valence-electron chi connectivity index (χ2n) is 3.22. The van der Waals surface area contributed by atoms with E-state index in [1.165, 1.54) is 12.1 Å². The van der Waals surface area contributed by atoms with E-state index >= 15 is 0 Å². The molecule has 0 spiro atoms. The number of hydrogen-bond acceptors (Lipinski definition) is 3. The van der Waals surface area contributed by atoms with Gasteiger partial charge in [-0.3, -0.25) is 15.0 Å². The van der Waals surface area contributed by atoms with Gasteiger partial charge in [0.25, 0.3) is 11.8 Å². The van der Waals surface area contributed by atoms with E-state index in [1.54, 1.807) is 6.07 Å². The zero-order chi connectivity index (χ0) is 11.9. The summed E-state index contributed by atoms with van der Waals surface area (Å²) in [5, 5.41) is 1.72. The third kappa shape index (κ3) is 1.73. The first kappa shape index (κ1) is 11.2. The zero-order valence-electron chi connectivity index (χ0n) is 7.91. The van der Waals surface area contributed by atoms with Crippen molar-refractivity contribution in [2.45, 2.75) is 6.04 Å². The molecule has 0 bridgehead atoms. The average molecular weight is 260 g/mol. The van der Waals surface area contributed by atoms with Gasteiger partial charge in [-0.25, -0.2) is 5.01 Å². The molecule has 2 amide bonds. The molecule has 84 valence electrons. The van der Waals surface area contributed by atoms with Crippen LogP contribution >= 0.6 is 23.2 Å². The number of halogens is 2. The van der Waals surface area contributed by atoms with Crippen molar-refractivity contribution < 1.29 is 9.59 Å². The Bertz CT molecular complexity index is 478. The van der Waals surface area contributed by atoms with E-state index in [0.717, 1.165) is 5.01 Å². The Morgan fingerprint density at radius 2 is 2.00 bits per heavy atom. The molecule has 1 aromatic rings. The predicted molar refractivity (Wildman–Crippen MR) is 60.1 cm³/mol. The molecule has 0 aromatic heterocycles. The Morgan fingerprint density at radius 3 is 2.50 bits per heavy atom. The standard InChI is InChI=1S/C9H7Cl2N3O2/c10-4-1-2-6(5(11)3-4)14-9(16)7(12)8(15)13-14/h1-3,7H,12H2,(H,13,15)/t7-/m1/s1. The van der Waals surface area contributed by atoms with Crippen LogP contribution in [0.1, 0.15) is 0 Å². The smallest absolute Gasteiger partial charge is 0.272 e. The lowest BCUT2D eigenvalue weighted by molar-refractivity contribution is -0.123. The summed E-state index contributed by atoms with van der Waals surface area (Å²) in [5.74, 6) is -1.11. The van der Waals surface area contributed by atoms with Gasteiger partial charge in [0.05, 0.1) is 10.7 Å². The summed E-state index contributed by atoms with van der Waals surface area (Å²) in [6.07, 6.45) is 0. The first-order valence-corrected chi connectivity index (χ1v) is 5.11. The molecule has 2 rings (SSSR count). The first-order valence-electron chi connectivity index (χ1n) is 4.36. The topological polar surface area (TPSA) is 75.4 Å². The number of carbonyl (C=O) groups excluding carboxylic acids is 2. The Balaban J connectivity index is 2.39. The Labute approximate surface area is 101 Å². The summed E-state index contributed by atoms with van der Waals surface area (Å²) < 4.78 is 0. The van der Waals surface area contributed by atoms with Crippen LogP contribution in [-0.4, -0.2) is 17.9 Å². The van der Waals surface area contributed by atoms with Crippen LogP contribution in [0.2, 0.25) is 10.0 Å². The number of nitrogens with zero attached hydrogens (tertiary/aromatic N) is 1. The summed E-state index contributed by atoms with van der Waals surface area (Å²) >= 11 is 11.6. The summed E-state index contributed by atoms with van der Waals surface area (Å²) in [6, 6.07) is 3.38. The highest BCUT2D eigenvalue weighted by molar-refractivity contribution is 6.37. The van der Waals surface area contributed by atoms with Crippen molar-refractivity contribution in [3.8, 4) is 0 Å². The lowest BCUT2D eigenvalue weighted by atomic mass is 10.3. The molecular weight excluding hydrogens is 253 g/mol. The minimum Gasteiger partial charge on any atom is -0.312 e. The zero-order valence-corrected chi connectivity index (χ0v) is 9.42. The van der Waals surface area contributed by atoms with Crippen molar-refractivity contribution in [2.75, 3.05) is 5.01 Å². The van der Waals surface area contributed by atoms with E-state index in [2.05, 4.69) is 5.43 Å². The Morgan fingerprint density at radius 1 is 1.31 bits per heavy atom. The van der Waals surface area contributed by atoms with Gasteiger partial charge in [0.1, 0.15) is 0 Å². The van der Waals surface area contributed by atoms with Crippen LogP contribution in [0.15, 0.2) is 18.2 Å². The minimum absolute atomic E-state index is 0.259. The summed E-state index contributed by atoms with van der Waals surface area (Å²) in [4.78, 5) is 22.8. The highest BCUT2D eigenvalue weighted by Crippen LogP contribution is 2.29. The minimum atomic E-state index is -1.19. The molecule has 7 heteroatoms. The van der Waals surface area contributed by atoms with Crippen molar-refractivity contribution in [3.63, 3.8) is 0 Å². The van der Waals surface area contributed by atoms with E-state index in [-0.39, 0.29) is 5.02 Å². The Hall–Kier alpha value is -1.30. The molecule has 0 unspecified atom stereocenters. The van der Waals surface area contributed by atoms with Crippen LogP contribution in [0.3, 0.4) is 0 Å². The summed E-state index contributed by atoms with van der Waals surface area (Å²) in [5.41, 5.74) is 8.02. The number of hydrogen-bond donors (Lipinski definition) is 2. The number of benzene rings is 1. The number of rotatable bonds is 1. The Kier molecular flexibility index (Phi) is 2.75. The van der Waals surface area contributed by atoms with Crippen molar-refractivity contribution in [1.82, 2.24) is 5.43 Å². The van der Waals surface area contributed by atoms with Crippen LogP contribution in [0, 0.1) is 0 Å². The molecule has 16 heavy (non-hydrogen) atoms. The molecule has 5 nitrogen and oxygen atoms in total. The second-order valence-corrected chi connectivity index (χ2v) is 4.07. The van der Waals surface area contributed by atoms with Crippen LogP contribution < -0.4 is 16.2 Å². The van der Waals surface area contributed by atoms with Gasteiger partial charge in [0.2, 0.25) is 0 Å². The highest BCUT2D eigenvalue weighted by Gasteiger charge is 2.37. The van der Waals surface area contributed by atoms with Crippen molar-refractivity contribution in [3.05, 3.63) is 28.2 Å². The fourth-order valence-electron chi connectivity index (χ4n) is 1.33. The summed E-state index contributed by atoms with van der Waals surface area (Å²) in [7, 11) is 0. The molecule has 1 atom stereocenters. The molecule has 1 aromatic carbocycles. The number of carbonyl (C=O) groups is 2. The van der Waals surface area contributed by atoms with Gasteiger partial charge < -0.3 is 5.73 Å². The van der Waals surface area contributed by atoms with Gasteiger partial charge in [0, 0.05) is 5.02 Å². The maximum Gasteiger partial charge on any atom is 0.272 e. The molecule has 1 fully saturated rings. The summed E-state index contributed by atoms with van der Waals surface area (Å²) in [6.45, 7) is 0. The predicted octanol–water partition coefficient (Wildman–Crippen LogP) is 0.698. The van der Waals surface area contributed by atoms with E-state index < -0.39 is 17.9 Å². The fourth-order valence-corrected chi connectivity index (χ4v) is 1.82. The molecule has 1 aliphatic heterocycles. The second kappa shape index (κ2) is 3.93. The van der Waals surface area contributed by atoms with Gasteiger partial charge in [-0.15, -0.1) is 0 Å². The lowest BCUT2D eigenvalue weighted by Crippen LogP contribution is -2.37. The average Bonchev–Trinajstić information content (AvgIpc) is 2.46. The number of anilines is 1. The van der Waals surface area contributed by atoms with E-state index in [4.69, 9.17) is 28.9 Å². The van der Waals surface area contributed by atoms with Gasteiger partial charge in [-0.2, -0.15) is 0 Å². The van der Waals surface area contributed by atoms with E-state index in [0.29, 0.717) is 10.7 Å². The molecule has 1 heterocycles. The van der Waals surface area contributed by atoms with Crippen LogP contribution in [-0.2, 0) is 9.59 Å². The van der Waals surface area contributed by atoms with Crippen LogP contribution in [0.4, 0.5) is 5.69 Å². The fraction of sp³-hybridized carbons (Fsp3) is 0.111. The molecule has 3 N–H and O–H groups in total. The van der Waals surface area contributed by atoms with Gasteiger partial charge in [-0.1, -0.05) is 23.2 Å². The van der Waals surface area contributed by atoms with Crippen molar-refractivity contribution in [2.24, 2.45) is 5.73 Å². The van der Waals surface area contributed by atoms with Gasteiger partial charge in [0.15, 0.2) is 6.04 Å². The number of amides is 2. The maximum atomic E-state index is 11.6. The monoisotopic (exact) mass is 259 g/mol. The third-order valence-corrected chi connectivity index (χ3v) is 2.68. The first-order chi connectivity index (χ1) is 7.50. The van der Waals surface area contributed by atoms with Crippen molar-refractivity contribution in [1.29, 1.82) is 0 Å². The third-order valence-electron chi connectivity index (χ3n) is 2.14. The normalized spacial score (nSPS) is 20.2. The van der Waals surface area contributed by atoms with Gasteiger partial charge in [-0.05, 0) is 18.2 Å². The maximum absolute atomic E-state index is 11.6. The molecular formula is C9H7Cl2N3O2. The highest BCUT2D eigenvalue weighted by atomic mass is 35.5.